The van der Waals surface area contributed by atoms with E-state index in [-0.39, 0.29) is 61.8 Å². The van der Waals surface area contributed by atoms with Crippen molar-refractivity contribution in [2.75, 3.05) is 13.1 Å². The van der Waals surface area contributed by atoms with Crippen molar-refractivity contribution in [3.63, 3.8) is 0 Å². The van der Waals surface area contributed by atoms with Gasteiger partial charge in [0.25, 0.3) is 11.5 Å². The summed E-state index contributed by atoms with van der Waals surface area (Å²) in [6.07, 6.45) is 2.58. The number of alkyl halides is 4. The first-order chi connectivity index (χ1) is 15.1. The fourth-order valence-electron chi connectivity index (χ4n) is 5.18. The highest BCUT2D eigenvalue weighted by Gasteiger charge is 2.45. The molecular formula is C21H25F4N5O2. The van der Waals surface area contributed by atoms with Gasteiger partial charge in [-0.3, -0.25) is 9.59 Å². The van der Waals surface area contributed by atoms with Gasteiger partial charge in [0.05, 0.1) is 18.8 Å². The van der Waals surface area contributed by atoms with E-state index in [1.54, 1.807) is 4.68 Å². The molecule has 174 valence electrons. The van der Waals surface area contributed by atoms with Gasteiger partial charge in [-0.15, -0.1) is 0 Å². The molecule has 0 spiro atoms. The molecule has 0 bridgehead atoms. The first kappa shape index (κ1) is 21.4. The number of fused-ring (bicyclic) bond motifs is 1. The van der Waals surface area contributed by atoms with E-state index in [4.69, 9.17) is 0 Å². The molecular weight excluding hydrogens is 430 g/mol. The fourth-order valence-corrected chi connectivity index (χ4v) is 5.18. The zero-order chi connectivity index (χ0) is 22.7. The molecule has 2 atom stereocenters. The smallest absolute Gasteiger partial charge is 0.265 e. The number of amides is 1. The van der Waals surface area contributed by atoms with Crippen LogP contribution < -0.4 is 5.56 Å². The summed E-state index contributed by atoms with van der Waals surface area (Å²) in [6, 6.07) is -0.274. The predicted octanol–water partition coefficient (Wildman–Crippen LogP) is 3.62. The van der Waals surface area contributed by atoms with Crippen molar-refractivity contribution in [1.29, 1.82) is 0 Å². The molecule has 2 unspecified atom stereocenters. The summed E-state index contributed by atoms with van der Waals surface area (Å²) in [5.74, 6) is -6.42. The van der Waals surface area contributed by atoms with Crippen LogP contribution in [-0.2, 0) is 4.79 Å². The highest BCUT2D eigenvalue weighted by molar-refractivity contribution is 5.81. The number of aromatic nitrogens is 4. The highest BCUT2D eigenvalue weighted by Crippen LogP contribution is 2.43. The van der Waals surface area contributed by atoms with Gasteiger partial charge in [0.1, 0.15) is 11.2 Å². The third-order valence-electron chi connectivity index (χ3n) is 7.16. The van der Waals surface area contributed by atoms with Crippen molar-refractivity contribution in [3.05, 3.63) is 22.4 Å². The second-order valence-electron chi connectivity index (χ2n) is 9.37. The van der Waals surface area contributed by atoms with Gasteiger partial charge in [-0.25, -0.2) is 27.2 Å². The normalized spacial score (nSPS) is 27.9. The lowest BCUT2D eigenvalue weighted by molar-refractivity contribution is -0.149. The first-order valence-corrected chi connectivity index (χ1v) is 11.2. The van der Waals surface area contributed by atoms with Crippen molar-refractivity contribution < 1.29 is 22.4 Å². The van der Waals surface area contributed by atoms with Gasteiger partial charge >= 0.3 is 0 Å². The lowest BCUT2D eigenvalue weighted by atomic mass is 9.72. The highest BCUT2D eigenvalue weighted by atomic mass is 19.3. The molecule has 0 aromatic carbocycles. The Labute approximate surface area is 181 Å². The number of rotatable bonds is 3. The van der Waals surface area contributed by atoms with E-state index in [0.29, 0.717) is 30.9 Å². The molecule has 1 amide bonds. The van der Waals surface area contributed by atoms with E-state index in [9.17, 15) is 27.2 Å². The molecule has 1 N–H and O–H groups in total. The van der Waals surface area contributed by atoms with Crippen LogP contribution in [0.1, 0.15) is 69.2 Å². The number of halogens is 4. The van der Waals surface area contributed by atoms with Gasteiger partial charge in [0, 0.05) is 37.6 Å². The second kappa shape index (κ2) is 7.55. The first-order valence-electron chi connectivity index (χ1n) is 11.2. The molecule has 0 radical (unpaired) electrons. The third-order valence-corrected chi connectivity index (χ3v) is 7.16. The summed E-state index contributed by atoms with van der Waals surface area (Å²) < 4.78 is 56.2. The number of hydrogen-bond donors (Lipinski definition) is 1. The molecule has 3 aliphatic rings. The van der Waals surface area contributed by atoms with Crippen LogP contribution in [0.5, 0.6) is 0 Å². The Balaban J connectivity index is 1.40. The molecule has 2 aromatic heterocycles. The summed E-state index contributed by atoms with van der Waals surface area (Å²) in [5.41, 5.74) is -0.0819. The van der Waals surface area contributed by atoms with Crippen LogP contribution in [0.25, 0.3) is 11.0 Å². The van der Waals surface area contributed by atoms with Crippen LogP contribution in [0, 0.1) is 5.92 Å². The molecule has 5 rings (SSSR count). The molecule has 3 fully saturated rings. The molecule has 2 saturated carbocycles. The minimum Gasteiger partial charge on any atom is -0.336 e. The molecule has 2 aliphatic carbocycles. The van der Waals surface area contributed by atoms with Gasteiger partial charge in [-0.2, -0.15) is 5.10 Å². The van der Waals surface area contributed by atoms with Crippen LogP contribution in [0.4, 0.5) is 17.6 Å². The van der Waals surface area contributed by atoms with Crippen molar-refractivity contribution in [1.82, 2.24) is 24.6 Å². The van der Waals surface area contributed by atoms with E-state index < -0.39 is 29.9 Å². The molecule has 1 saturated heterocycles. The van der Waals surface area contributed by atoms with E-state index in [1.807, 2.05) is 0 Å². The molecule has 2 aromatic rings. The number of H-pyrrole nitrogens is 1. The van der Waals surface area contributed by atoms with Crippen molar-refractivity contribution in [2.24, 2.45) is 5.92 Å². The van der Waals surface area contributed by atoms with E-state index in [1.165, 1.54) is 11.1 Å². The van der Waals surface area contributed by atoms with Crippen molar-refractivity contribution in [2.45, 2.75) is 75.2 Å². The second-order valence-corrected chi connectivity index (χ2v) is 9.37. The molecule has 1 aliphatic heterocycles. The Bertz CT molecular complexity index is 1090. The van der Waals surface area contributed by atoms with Crippen LogP contribution in [0.2, 0.25) is 0 Å². The Hall–Kier alpha value is -2.46. The van der Waals surface area contributed by atoms with Gasteiger partial charge < -0.3 is 9.88 Å². The van der Waals surface area contributed by atoms with Gasteiger partial charge in [-0.1, -0.05) is 0 Å². The minimum absolute atomic E-state index is 0.215. The van der Waals surface area contributed by atoms with Crippen molar-refractivity contribution >= 4 is 16.9 Å². The number of hydrogen-bond acceptors (Lipinski definition) is 4. The summed E-state index contributed by atoms with van der Waals surface area (Å²) in [7, 11) is 0. The van der Waals surface area contributed by atoms with E-state index >= 15 is 0 Å². The Morgan fingerprint density at radius 2 is 1.81 bits per heavy atom. The number of aromatic amines is 1. The van der Waals surface area contributed by atoms with Crippen LogP contribution in [-0.4, -0.2) is 55.5 Å². The SMILES string of the molecule is O=C(C1CCC1c1nc2c(cnn2C2CCC(F)(F)CC2)c(=O)[nH]1)N1CCCC(F)(F)C1. The predicted molar refractivity (Wildman–Crippen MR) is 107 cm³/mol. The van der Waals surface area contributed by atoms with Crippen molar-refractivity contribution in [3.8, 4) is 0 Å². The van der Waals surface area contributed by atoms with Gasteiger partial charge in [0.15, 0.2) is 5.65 Å². The van der Waals surface area contributed by atoms with Crippen LogP contribution in [0.3, 0.4) is 0 Å². The number of piperidine rings is 1. The largest absolute Gasteiger partial charge is 0.336 e. The fraction of sp³-hybridized carbons (Fsp3) is 0.714. The Kier molecular flexibility index (Phi) is 5.05. The number of carbonyl (C=O) groups excluding carboxylic acids is 1. The topological polar surface area (TPSA) is 83.9 Å². The molecule has 32 heavy (non-hydrogen) atoms. The number of nitrogens with zero attached hydrogens (tertiary/aromatic N) is 4. The number of carbonyl (C=O) groups is 1. The molecule has 11 heteroatoms. The maximum Gasteiger partial charge on any atom is 0.265 e. The quantitative estimate of drug-likeness (QED) is 0.717. The molecule has 3 heterocycles. The summed E-state index contributed by atoms with van der Waals surface area (Å²) >= 11 is 0. The lowest BCUT2D eigenvalue weighted by Crippen LogP contribution is -2.50. The summed E-state index contributed by atoms with van der Waals surface area (Å²) in [4.78, 5) is 34.1. The van der Waals surface area contributed by atoms with E-state index in [0.717, 1.165) is 0 Å². The zero-order valence-electron chi connectivity index (χ0n) is 17.5. The minimum atomic E-state index is -2.87. The summed E-state index contributed by atoms with van der Waals surface area (Å²) in [5, 5.41) is 4.51. The van der Waals surface area contributed by atoms with Gasteiger partial charge in [0.2, 0.25) is 11.8 Å². The van der Waals surface area contributed by atoms with E-state index in [2.05, 4.69) is 15.1 Å². The Morgan fingerprint density at radius 1 is 1.06 bits per heavy atom. The van der Waals surface area contributed by atoms with Crippen LogP contribution in [0.15, 0.2) is 11.0 Å². The molecule has 7 nitrogen and oxygen atoms in total. The maximum atomic E-state index is 13.8. The summed E-state index contributed by atoms with van der Waals surface area (Å²) in [6.45, 7) is -0.267. The standard InChI is InChI=1S/C21H25F4N5O2/c22-20(23)7-4-12(5-8-20)30-17-15(10-26-30)18(31)28-16(27-17)13-2-3-14(13)19(32)29-9-1-6-21(24,25)11-29/h10,12-14H,1-9,11H2,(H,27,28,31). The Morgan fingerprint density at radius 3 is 2.47 bits per heavy atom. The number of nitrogens with one attached hydrogen (secondary N) is 1. The average molecular weight is 455 g/mol. The third kappa shape index (κ3) is 3.79. The monoisotopic (exact) mass is 455 g/mol. The van der Waals surface area contributed by atoms with Crippen LogP contribution >= 0.6 is 0 Å². The lowest BCUT2D eigenvalue weighted by Gasteiger charge is -2.40. The zero-order valence-corrected chi connectivity index (χ0v) is 17.5. The average Bonchev–Trinajstić information content (AvgIpc) is 3.11. The maximum absolute atomic E-state index is 13.8. The van der Waals surface area contributed by atoms with Gasteiger partial charge in [-0.05, 0) is 32.1 Å². The number of likely N-dealkylation sites (tertiary alicyclic amines) is 1.